The molecule has 9 nitrogen and oxygen atoms in total. The highest BCUT2D eigenvalue weighted by Crippen LogP contribution is 2.29. The van der Waals surface area contributed by atoms with Crippen LogP contribution < -0.4 is 15.0 Å². The van der Waals surface area contributed by atoms with Gasteiger partial charge in [0, 0.05) is 13.2 Å². The second kappa shape index (κ2) is 7.70. The highest BCUT2D eigenvalue weighted by Gasteiger charge is 2.36. The Kier molecular flexibility index (Phi) is 4.94. The van der Waals surface area contributed by atoms with Gasteiger partial charge in [-0.05, 0) is 24.6 Å². The quantitative estimate of drug-likeness (QED) is 0.717. The van der Waals surface area contributed by atoms with Crippen molar-refractivity contribution in [3.63, 3.8) is 0 Å². The summed E-state index contributed by atoms with van der Waals surface area (Å²) in [4.78, 5) is 31.2. The molecule has 3 heterocycles. The van der Waals surface area contributed by atoms with E-state index >= 15 is 0 Å². The van der Waals surface area contributed by atoms with Crippen molar-refractivity contribution in [3.05, 3.63) is 66.1 Å². The summed E-state index contributed by atoms with van der Waals surface area (Å²) < 4.78 is 7.42. The van der Waals surface area contributed by atoms with E-state index in [-0.39, 0.29) is 11.6 Å². The summed E-state index contributed by atoms with van der Waals surface area (Å²) in [5.74, 6) is 0.0849. The van der Waals surface area contributed by atoms with E-state index in [1.54, 1.807) is 43.2 Å². The molecule has 0 spiro atoms. The third kappa shape index (κ3) is 3.79. The van der Waals surface area contributed by atoms with Gasteiger partial charge in [-0.1, -0.05) is 35.5 Å². The number of amides is 2. The zero-order valence-corrected chi connectivity index (χ0v) is 16.0. The number of hydrogen-bond donors (Lipinski definition) is 1. The molecule has 0 saturated carbocycles. The van der Waals surface area contributed by atoms with Gasteiger partial charge in [0.15, 0.2) is 17.3 Å². The number of benzene rings is 1. The zero-order chi connectivity index (χ0) is 20.4. The number of anilines is 1. The molecule has 2 amide bonds. The number of carbonyl (C=O) groups is 2. The van der Waals surface area contributed by atoms with E-state index in [4.69, 9.17) is 4.74 Å². The van der Waals surface area contributed by atoms with Crippen molar-refractivity contribution in [3.8, 4) is 5.75 Å². The van der Waals surface area contributed by atoms with Crippen molar-refractivity contribution in [2.45, 2.75) is 25.6 Å². The number of aromatic nitrogens is 4. The molecule has 1 aromatic carbocycles. The fourth-order valence-corrected chi connectivity index (χ4v) is 3.15. The van der Waals surface area contributed by atoms with Gasteiger partial charge >= 0.3 is 0 Å². The Labute approximate surface area is 167 Å². The van der Waals surface area contributed by atoms with Crippen molar-refractivity contribution in [2.75, 3.05) is 11.9 Å². The molecule has 0 radical (unpaired) electrons. The Hall–Kier alpha value is -3.75. The Balaban J connectivity index is 1.49. The maximum absolute atomic E-state index is 12.9. The number of likely N-dealkylation sites (N-methyl/N-ethyl adjacent to an activating group) is 1. The number of carbonyl (C=O) groups excluding carboxylic acids is 2. The molecule has 0 fully saturated rings. The number of rotatable bonds is 4. The third-order valence-corrected chi connectivity index (χ3v) is 4.69. The van der Waals surface area contributed by atoms with E-state index in [0.717, 1.165) is 5.56 Å². The minimum Gasteiger partial charge on any atom is -0.484 e. The van der Waals surface area contributed by atoms with Crippen LogP contribution in [0.2, 0.25) is 0 Å². The van der Waals surface area contributed by atoms with Crippen LogP contribution in [0.25, 0.3) is 0 Å². The fraction of sp³-hybridized carbons (Fsp3) is 0.250. The maximum atomic E-state index is 12.9. The average molecular weight is 392 g/mol. The first-order chi connectivity index (χ1) is 14.0. The van der Waals surface area contributed by atoms with Gasteiger partial charge in [-0.3, -0.25) is 14.5 Å². The lowest BCUT2D eigenvalue weighted by atomic mass is 10.1. The van der Waals surface area contributed by atoms with E-state index in [1.807, 2.05) is 30.3 Å². The van der Waals surface area contributed by atoms with Gasteiger partial charge in [0.05, 0.1) is 12.7 Å². The van der Waals surface area contributed by atoms with Gasteiger partial charge in [-0.25, -0.2) is 9.67 Å². The van der Waals surface area contributed by atoms with E-state index in [1.165, 1.54) is 4.90 Å². The number of ether oxygens (including phenoxy) is 1. The molecule has 3 aromatic rings. The topological polar surface area (TPSA) is 102 Å². The monoisotopic (exact) mass is 392 g/mol. The largest absolute Gasteiger partial charge is 0.484 e. The van der Waals surface area contributed by atoms with Crippen LogP contribution in [0.1, 0.15) is 23.0 Å². The van der Waals surface area contributed by atoms with Crippen LogP contribution in [0.3, 0.4) is 0 Å². The van der Waals surface area contributed by atoms with Crippen molar-refractivity contribution < 1.29 is 14.3 Å². The summed E-state index contributed by atoms with van der Waals surface area (Å²) in [5.41, 5.74) is 1.17. The first kappa shape index (κ1) is 18.6. The summed E-state index contributed by atoms with van der Waals surface area (Å²) in [6, 6.07) is 12.3. The van der Waals surface area contributed by atoms with Crippen molar-refractivity contribution >= 4 is 17.6 Å². The van der Waals surface area contributed by atoms with Crippen LogP contribution >= 0.6 is 0 Å². The van der Waals surface area contributed by atoms with Crippen LogP contribution in [0.4, 0.5) is 5.82 Å². The highest BCUT2D eigenvalue weighted by molar-refractivity contribution is 6.02. The van der Waals surface area contributed by atoms with E-state index in [9.17, 15) is 9.59 Å². The molecule has 0 aliphatic carbocycles. The summed E-state index contributed by atoms with van der Waals surface area (Å²) in [5, 5.41) is 10.6. The molecule has 0 saturated heterocycles. The number of fused-ring (bicyclic) bond motifs is 1. The lowest BCUT2D eigenvalue weighted by Gasteiger charge is -2.23. The van der Waals surface area contributed by atoms with Crippen LogP contribution in [0.5, 0.6) is 5.75 Å². The lowest BCUT2D eigenvalue weighted by molar-refractivity contribution is -0.121. The summed E-state index contributed by atoms with van der Waals surface area (Å²) in [6.45, 7) is 2.22. The van der Waals surface area contributed by atoms with Crippen molar-refractivity contribution in [2.24, 2.45) is 0 Å². The molecule has 1 aliphatic rings. The smallest absolute Gasteiger partial charge is 0.274 e. The minimum atomic E-state index is -0.888. The number of pyridine rings is 1. The maximum Gasteiger partial charge on any atom is 0.274 e. The first-order valence-electron chi connectivity index (χ1n) is 9.17. The zero-order valence-electron chi connectivity index (χ0n) is 16.0. The minimum absolute atomic E-state index is 0.128. The third-order valence-electron chi connectivity index (χ3n) is 4.69. The normalized spacial score (nSPS) is 18.6. The first-order valence-corrected chi connectivity index (χ1v) is 9.17. The van der Waals surface area contributed by atoms with Crippen LogP contribution in [-0.2, 0) is 11.3 Å². The molecule has 2 aromatic heterocycles. The van der Waals surface area contributed by atoms with E-state index in [2.05, 4.69) is 20.6 Å². The SMILES string of the molecule is C[C@H]1Oc2cccnc2N(C)C(=O)[C@H]1NC(=O)c1cn(Cc2ccccc2)nn1. The molecule has 0 unspecified atom stereocenters. The lowest BCUT2D eigenvalue weighted by Crippen LogP contribution is -2.53. The van der Waals surface area contributed by atoms with Gasteiger partial charge < -0.3 is 10.1 Å². The van der Waals surface area contributed by atoms with Crippen LogP contribution in [0, 0.1) is 0 Å². The molecule has 1 aliphatic heterocycles. The Bertz CT molecular complexity index is 1040. The van der Waals surface area contributed by atoms with Crippen LogP contribution in [-0.4, -0.2) is 51.0 Å². The molecular weight excluding hydrogens is 372 g/mol. The molecule has 148 valence electrons. The Morgan fingerprint density at radius 2 is 2.00 bits per heavy atom. The van der Waals surface area contributed by atoms with Gasteiger partial charge in [-0.15, -0.1) is 5.10 Å². The highest BCUT2D eigenvalue weighted by atomic mass is 16.5. The molecule has 0 bridgehead atoms. The predicted octanol–water partition coefficient (Wildman–Crippen LogP) is 1.26. The second-order valence-electron chi connectivity index (χ2n) is 6.78. The van der Waals surface area contributed by atoms with Crippen LogP contribution in [0.15, 0.2) is 54.9 Å². The Morgan fingerprint density at radius 1 is 1.21 bits per heavy atom. The molecule has 4 rings (SSSR count). The van der Waals surface area contributed by atoms with E-state index in [0.29, 0.717) is 18.1 Å². The van der Waals surface area contributed by atoms with Gasteiger partial charge in [0.1, 0.15) is 12.1 Å². The molecule has 2 atom stereocenters. The Morgan fingerprint density at radius 3 is 2.79 bits per heavy atom. The summed E-state index contributed by atoms with van der Waals surface area (Å²) in [6.07, 6.45) is 2.55. The molecule has 9 heteroatoms. The number of nitrogens with one attached hydrogen (secondary N) is 1. The van der Waals surface area contributed by atoms with E-state index < -0.39 is 18.1 Å². The standard InChI is InChI=1S/C20H20N6O3/c1-13-17(20(28)25(2)18-16(29-13)9-6-10-21-18)22-19(27)15-12-26(24-23-15)11-14-7-4-3-5-8-14/h3-10,12-13,17H,11H2,1-2H3,(H,22,27)/t13-,17+/m1/s1. The summed E-state index contributed by atoms with van der Waals surface area (Å²) in [7, 11) is 1.60. The molecule has 1 N–H and O–H groups in total. The van der Waals surface area contributed by atoms with Crippen molar-refractivity contribution in [1.82, 2.24) is 25.3 Å². The number of nitrogens with zero attached hydrogens (tertiary/aromatic N) is 5. The molecular formula is C20H20N6O3. The predicted molar refractivity (Wildman–Crippen MR) is 105 cm³/mol. The summed E-state index contributed by atoms with van der Waals surface area (Å²) >= 11 is 0. The van der Waals surface area contributed by atoms with Crippen molar-refractivity contribution in [1.29, 1.82) is 0 Å². The van der Waals surface area contributed by atoms with Gasteiger partial charge in [0.25, 0.3) is 11.8 Å². The average Bonchev–Trinajstić information content (AvgIpc) is 3.17. The molecule has 29 heavy (non-hydrogen) atoms. The van der Waals surface area contributed by atoms with Gasteiger partial charge in [0.2, 0.25) is 0 Å². The fourth-order valence-electron chi connectivity index (χ4n) is 3.15. The second-order valence-corrected chi connectivity index (χ2v) is 6.78. The number of hydrogen-bond acceptors (Lipinski definition) is 6. The van der Waals surface area contributed by atoms with Gasteiger partial charge in [-0.2, -0.15) is 0 Å².